The summed E-state index contributed by atoms with van der Waals surface area (Å²) in [7, 11) is 0. The summed E-state index contributed by atoms with van der Waals surface area (Å²) in [5.41, 5.74) is 0.841. The summed E-state index contributed by atoms with van der Waals surface area (Å²) in [4.78, 5) is 30.5. The first-order chi connectivity index (χ1) is 16.8. The molecule has 1 amide bonds. The van der Waals surface area contributed by atoms with Crippen molar-refractivity contribution < 1.29 is 14.3 Å². The van der Waals surface area contributed by atoms with Crippen molar-refractivity contribution in [3.05, 3.63) is 75.7 Å². The maximum atomic E-state index is 13.3. The van der Waals surface area contributed by atoms with Gasteiger partial charge in [-0.1, -0.05) is 39.0 Å². The summed E-state index contributed by atoms with van der Waals surface area (Å²) in [5.74, 6) is -0.0772. The van der Waals surface area contributed by atoms with Crippen molar-refractivity contribution in [2.45, 2.75) is 45.1 Å². The second-order valence-electron chi connectivity index (χ2n) is 9.46. The largest absolute Gasteiger partial charge is 0.438 e. The molecule has 1 atom stereocenters. The smallest absolute Gasteiger partial charge is 0.269 e. The number of carbonyl (C=O) groups excluding carboxylic acids is 1. The van der Waals surface area contributed by atoms with Crippen LogP contribution in [0.4, 0.5) is 0 Å². The summed E-state index contributed by atoms with van der Waals surface area (Å²) in [5, 5.41) is 12.4. The van der Waals surface area contributed by atoms with Crippen LogP contribution >= 0.6 is 0 Å². The molecule has 1 N–H and O–H groups in total. The van der Waals surface area contributed by atoms with Crippen molar-refractivity contribution >= 4 is 17.6 Å². The first-order valence-electron chi connectivity index (χ1n) is 11.6. The highest BCUT2D eigenvalue weighted by molar-refractivity contribution is 6.01. The molecule has 1 fully saturated rings. The molecule has 8 heteroatoms. The maximum absolute atomic E-state index is 13.3. The van der Waals surface area contributed by atoms with Gasteiger partial charge in [-0.2, -0.15) is 10.2 Å². The van der Waals surface area contributed by atoms with E-state index in [2.05, 4.69) is 31.1 Å². The molecule has 35 heavy (non-hydrogen) atoms. The zero-order valence-electron chi connectivity index (χ0n) is 20.1. The van der Waals surface area contributed by atoms with Crippen molar-refractivity contribution in [2.24, 2.45) is 0 Å². The SMILES string of the molecule is CC(C)(C)c1ccc(Oc2nc3ccccn3c(=O)c2C=C(C#N)C(=O)NCC2CCCO2)cc1. The first kappa shape index (κ1) is 24.2. The number of nitrogens with zero attached hydrogens (tertiary/aromatic N) is 3. The number of rotatable bonds is 6. The Kier molecular flexibility index (Phi) is 6.99. The molecule has 1 aliphatic heterocycles. The van der Waals surface area contributed by atoms with Gasteiger partial charge >= 0.3 is 0 Å². The van der Waals surface area contributed by atoms with Gasteiger partial charge < -0.3 is 14.8 Å². The number of hydrogen-bond donors (Lipinski definition) is 1. The molecule has 0 spiro atoms. The van der Waals surface area contributed by atoms with Crippen LogP contribution < -0.4 is 15.6 Å². The fourth-order valence-electron chi connectivity index (χ4n) is 3.82. The zero-order chi connectivity index (χ0) is 25.0. The molecule has 180 valence electrons. The Hall–Kier alpha value is -3.96. The topological polar surface area (TPSA) is 106 Å². The van der Waals surface area contributed by atoms with Crippen LogP contribution in [0, 0.1) is 11.3 Å². The first-order valence-corrected chi connectivity index (χ1v) is 11.6. The van der Waals surface area contributed by atoms with E-state index in [0.29, 0.717) is 24.5 Å². The third kappa shape index (κ3) is 5.58. The summed E-state index contributed by atoms with van der Waals surface area (Å²) in [6.45, 7) is 7.31. The molecule has 0 saturated carbocycles. The number of carbonyl (C=O) groups is 1. The third-order valence-corrected chi connectivity index (χ3v) is 5.84. The van der Waals surface area contributed by atoms with E-state index >= 15 is 0 Å². The Bertz CT molecular complexity index is 1360. The van der Waals surface area contributed by atoms with Gasteiger partial charge in [0.05, 0.1) is 6.10 Å². The minimum absolute atomic E-state index is 0.0115. The standard InChI is InChI=1S/C27H28N4O4/c1-27(2,3)19-9-11-20(12-10-19)35-25-22(26(33)31-13-5-4-8-23(31)30-25)15-18(16-28)24(32)29-17-21-7-6-14-34-21/h4-5,8-13,15,21H,6-7,14,17H2,1-3H3,(H,29,32). The molecular weight excluding hydrogens is 444 g/mol. The van der Waals surface area contributed by atoms with Crippen LogP contribution in [0.25, 0.3) is 11.7 Å². The Morgan fingerprint density at radius 2 is 2.06 bits per heavy atom. The lowest BCUT2D eigenvalue weighted by Crippen LogP contribution is -2.32. The lowest BCUT2D eigenvalue weighted by Gasteiger charge is -2.19. The van der Waals surface area contributed by atoms with Crippen LogP contribution in [0.5, 0.6) is 11.6 Å². The summed E-state index contributed by atoms with van der Waals surface area (Å²) in [6, 6.07) is 14.6. The van der Waals surface area contributed by atoms with Crippen molar-refractivity contribution in [1.29, 1.82) is 5.26 Å². The molecule has 3 aromatic rings. The van der Waals surface area contributed by atoms with Crippen LogP contribution in [0.2, 0.25) is 0 Å². The van der Waals surface area contributed by atoms with Gasteiger partial charge in [0, 0.05) is 19.3 Å². The van der Waals surface area contributed by atoms with Crippen LogP contribution in [0.1, 0.15) is 44.7 Å². The summed E-state index contributed by atoms with van der Waals surface area (Å²) >= 11 is 0. The second-order valence-corrected chi connectivity index (χ2v) is 9.46. The fourth-order valence-corrected chi connectivity index (χ4v) is 3.82. The fraction of sp³-hybridized carbons (Fsp3) is 0.333. The molecule has 0 bridgehead atoms. The van der Waals surface area contributed by atoms with E-state index in [1.54, 1.807) is 24.4 Å². The van der Waals surface area contributed by atoms with E-state index < -0.39 is 11.5 Å². The molecular formula is C27H28N4O4. The number of ether oxygens (including phenoxy) is 2. The molecule has 4 rings (SSSR count). The summed E-state index contributed by atoms with van der Waals surface area (Å²) in [6.07, 6.45) is 4.54. The van der Waals surface area contributed by atoms with E-state index in [1.165, 1.54) is 10.5 Å². The molecule has 3 heterocycles. The van der Waals surface area contributed by atoms with Gasteiger partial charge in [0.15, 0.2) is 0 Å². The predicted molar refractivity (Wildman–Crippen MR) is 132 cm³/mol. The van der Waals surface area contributed by atoms with Gasteiger partial charge in [0.2, 0.25) is 5.88 Å². The Morgan fingerprint density at radius 1 is 1.29 bits per heavy atom. The Balaban J connectivity index is 1.70. The number of fused-ring (bicyclic) bond motifs is 1. The number of pyridine rings is 1. The van der Waals surface area contributed by atoms with Crippen LogP contribution in [-0.2, 0) is 14.9 Å². The van der Waals surface area contributed by atoms with Gasteiger partial charge in [0.25, 0.3) is 11.5 Å². The van der Waals surface area contributed by atoms with E-state index in [4.69, 9.17) is 9.47 Å². The molecule has 1 aromatic carbocycles. The molecule has 0 aliphatic carbocycles. The summed E-state index contributed by atoms with van der Waals surface area (Å²) < 4.78 is 12.9. The average Bonchev–Trinajstić information content (AvgIpc) is 3.36. The number of benzene rings is 1. The average molecular weight is 473 g/mol. The third-order valence-electron chi connectivity index (χ3n) is 5.84. The van der Waals surface area contributed by atoms with Crippen LogP contribution in [0.15, 0.2) is 59.0 Å². The molecule has 1 unspecified atom stereocenters. The lowest BCUT2D eigenvalue weighted by atomic mass is 9.87. The highest BCUT2D eigenvalue weighted by atomic mass is 16.5. The van der Waals surface area contributed by atoms with Crippen molar-refractivity contribution in [3.63, 3.8) is 0 Å². The zero-order valence-corrected chi connectivity index (χ0v) is 20.1. The maximum Gasteiger partial charge on any atom is 0.269 e. The van der Waals surface area contributed by atoms with Gasteiger partial charge in [-0.3, -0.25) is 14.0 Å². The monoisotopic (exact) mass is 472 g/mol. The number of nitriles is 1. The van der Waals surface area contributed by atoms with Gasteiger partial charge in [-0.15, -0.1) is 0 Å². The minimum Gasteiger partial charge on any atom is -0.438 e. The molecule has 8 nitrogen and oxygen atoms in total. The van der Waals surface area contributed by atoms with Crippen molar-refractivity contribution in [3.8, 4) is 17.7 Å². The van der Waals surface area contributed by atoms with Crippen LogP contribution in [-0.4, -0.2) is 34.5 Å². The highest BCUT2D eigenvalue weighted by Crippen LogP contribution is 2.28. The van der Waals surface area contributed by atoms with Gasteiger partial charge in [0.1, 0.15) is 28.6 Å². The van der Waals surface area contributed by atoms with Gasteiger partial charge in [-0.05, 0) is 54.2 Å². The number of amides is 1. The van der Waals surface area contributed by atoms with Gasteiger partial charge in [-0.25, -0.2) is 0 Å². The number of aromatic nitrogens is 2. The number of hydrogen-bond acceptors (Lipinski definition) is 6. The quantitative estimate of drug-likeness (QED) is 0.430. The normalized spacial score (nSPS) is 16.2. The molecule has 2 aromatic heterocycles. The number of nitrogens with one attached hydrogen (secondary N) is 1. The molecule has 1 aliphatic rings. The molecule has 1 saturated heterocycles. The van der Waals surface area contributed by atoms with E-state index in [0.717, 1.165) is 18.4 Å². The van der Waals surface area contributed by atoms with Crippen molar-refractivity contribution in [2.75, 3.05) is 13.2 Å². The van der Waals surface area contributed by atoms with Crippen molar-refractivity contribution in [1.82, 2.24) is 14.7 Å². The second kappa shape index (κ2) is 10.1. The predicted octanol–water partition coefficient (Wildman–Crippen LogP) is 3.99. The van der Waals surface area contributed by atoms with E-state index in [9.17, 15) is 14.9 Å². The minimum atomic E-state index is -0.582. The van der Waals surface area contributed by atoms with Crippen LogP contribution in [0.3, 0.4) is 0 Å². The van der Waals surface area contributed by atoms with E-state index in [1.807, 2.05) is 30.3 Å². The Labute approximate surface area is 203 Å². The lowest BCUT2D eigenvalue weighted by molar-refractivity contribution is -0.117. The molecule has 0 radical (unpaired) electrons. The van der Waals surface area contributed by atoms with E-state index in [-0.39, 0.29) is 28.5 Å². The Morgan fingerprint density at radius 3 is 2.71 bits per heavy atom. The highest BCUT2D eigenvalue weighted by Gasteiger charge is 2.20.